The summed E-state index contributed by atoms with van der Waals surface area (Å²) in [6.45, 7) is 7.80. The van der Waals surface area contributed by atoms with Crippen LogP contribution in [0.4, 0.5) is 10.5 Å². The molecule has 26 heavy (non-hydrogen) atoms. The Bertz CT molecular complexity index is 530. The Hall–Kier alpha value is -1.83. The molecule has 0 spiro atoms. The van der Waals surface area contributed by atoms with E-state index in [1.165, 1.54) is 0 Å². The summed E-state index contributed by atoms with van der Waals surface area (Å²) in [5.74, 6) is 0.790. The lowest BCUT2D eigenvalue weighted by molar-refractivity contribution is 0.0157. The second-order valence-electron chi connectivity index (χ2n) is 6.58. The fourth-order valence-corrected chi connectivity index (χ4v) is 2.78. The molecule has 0 aromatic heterocycles. The van der Waals surface area contributed by atoms with Crippen LogP contribution in [0.15, 0.2) is 24.3 Å². The minimum atomic E-state index is -0.469. The van der Waals surface area contributed by atoms with Crippen LogP contribution in [-0.4, -0.2) is 82.1 Å². The first-order valence-electron chi connectivity index (χ1n) is 9.21. The average Bonchev–Trinajstić information content (AvgIpc) is 2.63. The third-order valence-corrected chi connectivity index (χ3v) is 4.26. The molecular weight excluding hydrogens is 334 g/mol. The topological polar surface area (TPSA) is 63.3 Å². The number of carbonyl (C=O) groups excluding carboxylic acids is 1. The van der Waals surface area contributed by atoms with Crippen molar-refractivity contribution >= 4 is 11.8 Å². The van der Waals surface area contributed by atoms with Crippen LogP contribution < -0.4 is 10.1 Å². The van der Waals surface area contributed by atoms with Crippen molar-refractivity contribution < 1.29 is 19.0 Å². The molecule has 1 fully saturated rings. The van der Waals surface area contributed by atoms with Gasteiger partial charge in [-0.25, -0.2) is 4.79 Å². The van der Waals surface area contributed by atoms with Crippen molar-refractivity contribution in [2.45, 2.75) is 19.4 Å². The Morgan fingerprint density at radius 2 is 1.88 bits per heavy atom. The third-order valence-electron chi connectivity index (χ3n) is 4.26. The molecule has 7 heteroatoms. The van der Waals surface area contributed by atoms with Gasteiger partial charge < -0.3 is 19.1 Å². The van der Waals surface area contributed by atoms with Gasteiger partial charge in [-0.2, -0.15) is 0 Å². The fraction of sp³-hybridized carbons (Fsp3) is 0.632. The molecule has 1 amide bonds. The van der Waals surface area contributed by atoms with E-state index in [0.717, 1.165) is 38.3 Å². The van der Waals surface area contributed by atoms with E-state index in [2.05, 4.69) is 29.1 Å². The summed E-state index contributed by atoms with van der Waals surface area (Å²) in [7, 11) is 3.74. The number of amides is 1. The Morgan fingerprint density at radius 1 is 1.19 bits per heavy atom. The number of methoxy groups -OCH3 is 1. The smallest absolute Gasteiger partial charge is 0.412 e. The maximum absolute atomic E-state index is 12.2. The van der Waals surface area contributed by atoms with Crippen LogP contribution >= 0.6 is 0 Å². The Labute approximate surface area is 156 Å². The molecule has 0 bridgehead atoms. The van der Waals surface area contributed by atoms with Crippen molar-refractivity contribution in [3.8, 4) is 5.75 Å². The lowest BCUT2D eigenvalue weighted by Gasteiger charge is -2.34. The minimum Gasteiger partial charge on any atom is -0.494 e. The van der Waals surface area contributed by atoms with Gasteiger partial charge in [0.05, 0.1) is 13.2 Å². The highest BCUT2D eigenvalue weighted by atomic mass is 16.6. The van der Waals surface area contributed by atoms with Crippen molar-refractivity contribution in [2.75, 3.05) is 65.4 Å². The summed E-state index contributed by atoms with van der Waals surface area (Å²) in [6, 6.07) is 7.28. The normalized spacial score (nSPS) is 16.9. The van der Waals surface area contributed by atoms with E-state index in [9.17, 15) is 4.79 Å². The van der Waals surface area contributed by atoms with Gasteiger partial charge in [-0.3, -0.25) is 10.2 Å². The molecule has 146 valence electrons. The number of rotatable bonds is 9. The number of nitrogens with zero attached hydrogens (tertiary/aromatic N) is 2. The number of piperazine rings is 1. The standard InChI is InChI=1S/C19H31N3O4/c1-4-13-25-17-7-5-16(6-8-17)20-19(23)26-18(15-24-3)14-22-11-9-21(2)10-12-22/h5-8,18H,4,9-15H2,1-3H3,(H,20,23). The van der Waals surface area contributed by atoms with Crippen molar-refractivity contribution in [1.29, 1.82) is 0 Å². The zero-order valence-electron chi connectivity index (χ0n) is 16.1. The molecule has 1 atom stereocenters. The predicted molar refractivity (Wildman–Crippen MR) is 102 cm³/mol. The van der Waals surface area contributed by atoms with Gasteiger partial charge in [0.1, 0.15) is 11.9 Å². The van der Waals surface area contributed by atoms with Gasteiger partial charge in [-0.05, 0) is 37.7 Å². The molecule has 1 unspecified atom stereocenters. The Balaban J connectivity index is 1.80. The molecule has 1 aliphatic rings. The molecule has 1 heterocycles. The molecule has 1 saturated heterocycles. The fourth-order valence-electron chi connectivity index (χ4n) is 2.78. The van der Waals surface area contributed by atoms with Crippen LogP contribution in [0.5, 0.6) is 5.75 Å². The number of benzene rings is 1. The monoisotopic (exact) mass is 365 g/mol. The molecule has 1 aromatic carbocycles. The minimum absolute atomic E-state index is 0.296. The summed E-state index contributed by atoms with van der Waals surface area (Å²) in [5, 5.41) is 2.76. The summed E-state index contributed by atoms with van der Waals surface area (Å²) in [6.07, 6.45) is 0.194. The van der Waals surface area contributed by atoms with Gasteiger partial charge in [-0.1, -0.05) is 6.92 Å². The van der Waals surface area contributed by atoms with Crippen molar-refractivity contribution in [1.82, 2.24) is 9.80 Å². The van der Waals surface area contributed by atoms with E-state index >= 15 is 0 Å². The molecule has 1 N–H and O–H groups in total. The summed E-state index contributed by atoms with van der Waals surface area (Å²) < 4.78 is 16.3. The van der Waals surface area contributed by atoms with Gasteiger partial charge in [-0.15, -0.1) is 0 Å². The number of ether oxygens (including phenoxy) is 3. The zero-order valence-corrected chi connectivity index (χ0v) is 16.1. The Kier molecular flexibility index (Phi) is 8.67. The van der Waals surface area contributed by atoms with Crippen LogP contribution in [0.1, 0.15) is 13.3 Å². The zero-order chi connectivity index (χ0) is 18.8. The molecule has 7 nitrogen and oxygen atoms in total. The summed E-state index contributed by atoms with van der Waals surface area (Å²) in [5.41, 5.74) is 0.676. The quantitative estimate of drug-likeness (QED) is 0.724. The summed E-state index contributed by atoms with van der Waals surface area (Å²) >= 11 is 0. The first-order chi connectivity index (χ1) is 12.6. The molecule has 1 aliphatic heterocycles. The van der Waals surface area contributed by atoms with Crippen LogP contribution in [-0.2, 0) is 9.47 Å². The SMILES string of the molecule is CCCOc1ccc(NC(=O)OC(COC)CN2CCN(C)CC2)cc1. The van der Waals surface area contributed by atoms with Crippen molar-refractivity contribution in [2.24, 2.45) is 0 Å². The van der Waals surface area contributed by atoms with Crippen LogP contribution in [0.25, 0.3) is 0 Å². The van der Waals surface area contributed by atoms with E-state index in [1.807, 2.05) is 12.1 Å². The third kappa shape index (κ3) is 7.19. The van der Waals surface area contributed by atoms with E-state index in [-0.39, 0.29) is 6.10 Å². The first kappa shape index (κ1) is 20.5. The maximum Gasteiger partial charge on any atom is 0.412 e. The summed E-state index contributed by atoms with van der Waals surface area (Å²) in [4.78, 5) is 16.8. The van der Waals surface area contributed by atoms with Crippen LogP contribution in [0, 0.1) is 0 Å². The van der Waals surface area contributed by atoms with Gasteiger partial charge >= 0.3 is 6.09 Å². The highest BCUT2D eigenvalue weighted by Gasteiger charge is 2.21. The second-order valence-corrected chi connectivity index (χ2v) is 6.58. The molecule has 0 radical (unpaired) electrons. The van der Waals surface area contributed by atoms with Crippen LogP contribution in [0.3, 0.4) is 0 Å². The number of hydrogen-bond donors (Lipinski definition) is 1. The van der Waals surface area contributed by atoms with Gasteiger partial charge in [0.2, 0.25) is 0 Å². The number of likely N-dealkylation sites (N-methyl/N-ethyl adjacent to an activating group) is 1. The number of carbonyl (C=O) groups is 1. The van der Waals surface area contributed by atoms with Gasteiger partial charge in [0.15, 0.2) is 0 Å². The van der Waals surface area contributed by atoms with Gasteiger partial charge in [0.25, 0.3) is 0 Å². The lowest BCUT2D eigenvalue weighted by atomic mass is 10.2. The van der Waals surface area contributed by atoms with E-state index in [1.54, 1.807) is 19.2 Å². The highest BCUT2D eigenvalue weighted by Crippen LogP contribution is 2.16. The maximum atomic E-state index is 12.2. The predicted octanol–water partition coefficient (Wildman–Crippen LogP) is 2.29. The van der Waals surface area contributed by atoms with Crippen molar-refractivity contribution in [3.05, 3.63) is 24.3 Å². The van der Waals surface area contributed by atoms with E-state index in [4.69, 9.17) is 14.2 Å². The van der Waals surface area contributed by atoms with Crippen molar-refractivity contribution in [3.63, 3.8) is 0 Å². The van der Waals surface area contributed by atoms with Crippen LogP contribution in [0.2, 0.25) is 0 Å². The Morgan fingerprint density at radius 3 is 2.50 bits per heavy atom. The number of nitrogens with one attached hydrogen (secondary N) is 1. The molecule has 0 saturated carbocycles. The average molecular weight is 365 g/mol. The number of hydrogen-bond acceptors (Lipinski definition) is 6. The molecular formula is C19H31N3O4. The molecule has 1 aromatic rings. The highest BCUT2D eigenvalue weighted by molar-refractivity contribution is 5.84. The van der Waals surface area contributed by atoms with E-state index < -0.39 is 6.09 Å². The van der Waals surface area contributed by atoms with Gasteiger partial charge in [0, 0.05) is 45.5 Å². The first-order valence-corrected chi connectivity index (χ1v) is 9.21. The van der Waals surface area contributed by atoms with E-state index in [0.29, 0.717) is 25.4 Å². The molecule has 2 rings (SSSR count). The second kappa shape index (κ2) is 11.0. The lowest BCUT2D eigenvalue weighted by Crippen LogP contribution is -2.48. The largest absolute Gasteiger partial charge is 0.494 e. The molecule has 0 aliphatic carbocycles. The number of anilines is 1.